The van der Waals surface area contributed by atoms with Crippen LogP contribution >= 0.6 is 0 Å². The van der Waals surface area contributed by atoms with Crippen molar-refractivity contribution in [3.8, 4) is 0 Å². The van der Waals surface area contributed by atoms with Crippen molar-refractivity contribution < 1.29 is 34.8 Å². The zero-order valence-electron chi connectivity index (χ0n) is 24.4. The Morgan fingerprint density at radius 3 is 2.32 bits per heavy atom. The second-order valence-corrected chi connectivity index (χ2v) is 14.1. The molecule has 4 saturated carbocycles. The fraction of sp³-hybridized carbons (Fsp3) is 0.871. The van der Waals surface area contributed by atoms with Gasteiger partial charge in [0.1, 0.15) is 6.10 Å². The average Bonchev–Trinajstić information content (AvgIpc) is 3.09. The van der Waals surface area contributed by atoms with Crippen molar-refractivity contribution in [2.75, 3.05) is 0 Å². The smallest absolute Gasteiger partial charge is 0.331 e. The van der Waals surface area contributed by atoms with Gasteiger partial charge in [-0.2, -0.15) is 0 Å². The summed E-state index contributed by atoms with van der Waals surface area (Å²) >= 11 is 0. The van der Waals surface area contributed by atoms with Gasteiger partial charge in [0, 0.05) is 17.9 Å². The number of carboxylic acids is 1. The number of carboxylic acid groups (broad SMARTS) is 1. The van der Waals surface area contributed by atoms with Crippen LogP contribution in [-0.4, -0.2) is 56.8 Å². The molecule has 0 aromatic rings. The first-order chi connectivity index (χ1) is 17.6. The van der Waals surface area contributed by atoms with Crippen LogP contribution in [0.2, 0.25) is 0 Å². The summed E-state index contributed by atoms with van der Waals surface area (Å²) in [5, 5.41) is 44.6. The van der Waals surface area contributed by atoms with Gasteiger partial charge in [-0.3, -0.25) is 4.79 Å². The SMILES string of the molecule is CC(=O)OC1CC2(C)C(CCC3C4(C)CCC(O)C(C)C4C(O)C(O)C32C)/C1=C(\CCCC(C)C)C(=O)O. The number of hydrogen-bond acceptors (Lipinski definition) is 6. The maximum atomic E-state index is 12.6. The molecule has 7 nitrogen and oxygen atoms in total. The van der Waals surface area contributed by atoms with E-state index in [1.807, 2.05) is 6.92 Å². The first kappa shape index (κ1) is 29.5. The lowest BCUT2D eigenvalue weighted by atomic mass is 9.35. The molecule has 0 aromatic carbocycles. The Kier molecular flexibility index (Phi) is 7.92. The molecule has 7 heteroatoms. The first-order valence-corrected chi connectivity index (χ1v) is 14.8. The van der Waals surface area contributed by atoms with Gasteiger partial charge in [0.2, 0.25) is 0 Å². The van der Waals surface area contributed by atoms with Gasteiger partial charge in [-0.15, -0.1) is 0 Å². The third-order valence-electron chi connectivity index (χ3n) is 11.9. The highest BCUT2D eigenvalue weighted by Crippen LogP contribution is 2.74. The van der Waals surface area contributed by atoms with Gasteiger partial charge in [-0.05, 0) is 90.9 Å². The monoisotopic (exact) mass is 534 g/mol. The van der Waals surface area contributed by atoms with E-state index in [4.69, 9.17) is 4.74 Å². The lowest BCUT2D eigenvalue weighted by Gasteiger charge is -2.70. The standard InChI is InChI=1S/C31H50O7/c1-16(2)9-8-10-19(28(36)37)24-20-11-12-23-29(5)14-13-21(33)17(3)25(29)26(34)27(35)31(23,7)30(20,6)15-22(24)38-18(4)32/h16-17,20-23,25-27,33-35H,8-15H2,1-7H3,(H,36,37)/b24-19-. The zero-order valence-corrected chi connectivity index (χ0v) is 24.4. The van der Waals surface area contributed by atoms with E-state index in [2.05, 4.69) is 34.6 Å². The highest BCUT2D eigenvalue weighted by Gasteiger charge is 2.73. The number of carbonyl (C=O) groups is 2. The van der Waals surface area contributed by atoms with Gasteiger partial charge in [0.25, 0.3) is 0 Å². The van der Waals surface area contributed by atoms with Crippen molar-refractivity contribution in [2.45, 2.75) is 124 Å². The van der Waals surface area contributed by atoms with Gasteiger partial charge in [-0.1, -0.05) is 48.0 Å². The number of fused-ring (bicyclic) bond motifs is 5. The first-order valence-electron chi connectivity index (χ1n) is 14.8. The number of carbonyl (C=O) groups excluding carboxylic acids is 1. The number of esters is 1. The van der Waals surface area contributed by atoms with Crippen LogP contribution in [-0.2, 0) is 14.3 Å². The molecule has 0 radical (unpaired) electrons. The molecule has 0 bridgehead atoms. The number of ether oxygens (including phenoxy) is 1. The van der Waals surface area contributed by atoms with Crippen LogP contribution in [0, 0.1) is 45.8 Å². The highest BCUT2D eigenvalue weighted by molar-refractivity contribution is 5.88. The van der Waals surface area contributed by atoms with Crippen molar-refractivity contribution in [3.05, 3.63) is 11.1 Å². The summed E-state index contributed by atoms with van der Waals surface area (Å²) in [5.41, 5.74) is -0.477. The van der Waals surface area contributed by atoms with Crippen molar-refractivity contribution in [1.82, 2.24) is 0 Å². The Labute approximate surface area is 228 Å². The van der Waals surface area contributed by atoms with Crippen LogP contribution in [0.3, 0.4) is 0 Å². The van der Waals surface area contributed by atoms with E-state index < -0.39 is 47.2 Å². The number of aliphatic hydroxyl groups excluding tert-OH is 3. The van der Waals surface area contributed by atoms with Crippen LogP contribution in [0.25, 0.3) is 0 Å². The summed E-state index contributed by atoms with van der Waals surface area (Å²) in [5.74, 6) is -1.34. The Hall–Kier alpha value is -1.44. The molecule has 4 N–H and O–H groups in total. The topological polar surface area (TPSA) is 124 Å². The largest absolute Gasteiger partial charge is 0.478 e. The molecule has 4 fully saturated rings. The fourth-order valence-corrected chi connectivity index (χ4v) is 10.0. The Morgan fingerprint density at radius 1 is 1.08 bits per heavy atom. The number of aliphatic carboxylic acids is 1. The summed E-state index contributed by atoms with van der Waals surface area (Å²) in [6.45, 7) is 14.0. The predicted octanol–water partition coefficient (Wildman–Crippen LogP) is 4.72. The molecule has 0 aliphatic heterocycles. The summed E-state index contributed by atoms with van der Waals surface area (Å²) in [4.78, 5) is 24.9. The Balaban J connectivity index is 1.83. The minimum Gasteiger partial charge on any atom is -0.478 e. The molecule has 11 unspecified atom stereocenters. The van der Waals surface area contributed by atoms with Gasteiger partial charge >= 0.3 is 11.9 Å². The van der Waals surface area contributed by atoms with Gasteiger partial charge in [-0.25, -0.2) is 4.79 Å². The van der Waals surface area contributed by atoms with Crippen molar-refractivity contribution in [1.29, 1.82) is 0 Å². The molecule has 0 spiro atoms. The summed E-state index contributed by atoms with van der Waals surface area (Å²) in [7, 11) is 0. The summed E-state index contributed by atoms with van der Waals surface area (Å²) in [6.07, 6.45) is 2.36. The predicted molar refractivity (Wildman–Crippen MR) is 144 cm³/mol. The van der Waals surface area contributed by atoms with Crippen molar-refractivity contribution in [2.24, 2.45) is 45.8 Å². The van der Waals surface area contributed by atoms with Crippen LogP contribution in [0.15, 0.2) is 11.1 Å². The van der Waals surface area contributed by atoms with E-state index in [1.54, 1.807) is 0 Å². The molecule has 4 rings (SSSR count). The third-order valence-corrected chi connectivity index (χ3v) is 11.9. The second kappa shape index (κ2) is 10.2. The fourth-order valence-electron chi connectivity index (χ4n) is 10.0. The van der Waals surface area contributed by atoms with Crippen LogP contribution in [0.1, 0.15) is 99.8 Å². The zero-order chi connectivity index (χ0) is 28.4. The van der Waals surface area contributed by atoms with E-state index in [-0.39, 0.29) is 29.1 Å². The molecule has 11 atom stereocenters. The van der Waals surface area contributed by atoms with Crippen molar-refractivity contribution in [3.63, 3.8) is 0 Å². The third kappa shape index (κ3) is 4.26. The van der Waals surface area contributed by atoms with E-state index >= 15 is 0 Å². The van der Waals surface area contributed by atoms with Gasteiger partial charge < -0.3 is 25.2 Å². The molecule has 216 valence electrons. The Morgan fingerprint density at radius 2 is 1.74 bits per heavy atom. The van der Waals surface area contributed by atoms with Gasteiger partial charge in [0.05, 0.1) is 18.3 Å². The lowest BCUT2D eigenvalue weighted by Crippen LogP contribution is -2.71. The molecule has 38 heavy (non-hydrogen) atoms. The summed E-state index contributed by atoms with van der Waals surface area (Å²) in [6, 6.07) is 0. The quantitative estimate of drug-likeness (QED) is 0.287. The average molecular weight is 535 g/mol. The number of hydrogen-bond donors (Lipinski definition) is 4. The van der Waals surface area contributed by atoms with Crippen LogP contribution in [0.5, 0.6) is 0 Å². The minimum absolute atomic E-state index is 0.0844. The second-order valence-electron chi connectivity index (χ2n) is 14.1. The normalized spacial score (nSPS) is 47.7. The Bertz CT molecular complexity index is 973. The lowest BCUT2D eigenvalue weighted by molar-refractivity contribution is -0.284. The van der Waals surface area contributed by atoms with E-state index in [9.17, 15) is 30.0 Å². The molecule has 0 aromatic heterocycles. The molecule has 0 heterocycles. The number of aliphatic hydroxyl groups is 3. The molecular weight excluding hydrogens is 484 g/mol. The van der Waals surface area contributed by atoms with E-state index in [1.165, 1.54) is 6.92 Å². The maximum Gasteiger partial charge on any atom is 0.331 e. The molecule has 0 amide bonds. The van der Waals surface area contributed by atoms with Crippen LogP contribution in [0.4, 0.5) is 0 Å². The highest BCUT2D eigenvalue weighted by atomic mass is 16.5. The van der Waals surface area contributed by atoms with E-state index in [0.717, 1.165) is 37.7 Å². The molecule has 4 aliphatic carbocycles. The number of rotatable bonds is 6. The molecule has 4 aliphatic rings. The van der Waals surface area contributed by atoms with Gasteiger partial charge in [0.15, 0.2) is 0 Å². The molecule has 0 saturated heterocycles. The maximum absolute atomic E-state index is 12.6. The molecular formula is C31H50O7. The van der Waals surface area contributed by atoms with Crippen molar-refractivity contribution >= 4 is 11.9 Å². The summed E-state index contributed by atoms with van der Waals surface area (Å²) < 4.78 is 5.85. The van der Waals surface area contributed by atoms with Crippen LogP contribution < -0.4 is 0 Å². The minimum atomic E-state index is -1.03. The van der Waals surface area contributed by atoms with E-state index in [0.29, 0.717) is 30.8 Å².